The van der Waals surface area contributed by atoms with E-state index in [-0.39, 0.29) is 5.91 Å². The number of ether oxygens (including phenoxy) is 2. The third kappa shape index (κ3) is 5.29. The first kappa shape index (κ1) is 24.6. The second kappa shape index (κ2) is 10.9. The predicted octanol–water partition coefficient (Wildman–Crippen LogP) is 5.55. The molecule has 1 amide bonds. The van der Waals surface area contributed by atoms with Crippen LogP contribution in [0.2, 0.25) is 0 Å². The van der Waals surface area contributed by atoms with Crippen molar-refractivity contribution in [3.8, 4) is 22.8 Å². The molecule has 7 nitrogen and oxygen atoms in total. The maximum absolute atomic E-state index is 12.8. The third-order valence-corrected chi connectivity index (χ3v) is 7.10. The van der Waals surface area contributed by atoms with E-state index < -0.39 is 0 Å². The van der Waals surface area contributed by atoms with Crippen LogP contribution in [0.4, 0.5) is 5.69 Å². The van der Waals surface area contributed by atoms with E-state index in [9.17, 15) is 4.79 Å². The summed E-state index contributed by atoms with van der Waals surface area (Å²) in [7, 11) is 1.65. The topological polar surface area (TPSA) is 59.3 Å². The second-order valence-electron chi connectivity index (χ2n) is 9.56. The summed E-state index contributed by atoms with van der Waals surface area (Å²) in [6, 6.07) is 29.6. The summed E-state index contributed by atoms with van der Waals surface area (Å²) in [5.74, 6) is 1.55. The van der Waals surface area contributed by atoms with Gasteiger partial charge in [-0.2, -0.15) is 0 Å². The van der Waals surface area contributed by atoms with Gasteiger partial charge < -0.3 is 23.7 Å². The van der Waals surface area contributed by atoms with Gasteiger partial charge in [0.25, 0.3) is 5.91 Å². The molecule has 7 heteroatoms. The normalized spacial score (nSPS) is 13.5. The Labute approximate surface area is 227 Å². The van der Waals surface area contributed by atoms with Gasteiger partial charge in [0.2, 0.25) is 0 Å². The van der Waals surface area contributed by atoms with E-state index in [2.05, 4.69) is 17.0 Å². The molecule has 0 aliphatic carbocycles. The molecule has 1 aliphatic rings. The largest absolute Gasteiger partial charge is 0.497 e. The van der Waals surface area contributed by atoms with Crippen molar-refractivity contribution in [2.45, 2.75) is 6.61 Å². The van der Waals surface area contributed by atoms with E-state index in [0.29, 0.717) is 19.7 Å². The maximum Gasteiger partial charge on any atom is 0.253 e. The lowest BCUT2D eigenvalue weighted by atomic mass is 10.1. The first-order chi connectivity index (χ1) is 19.2. The van der Waals surface area contributed by atoms with Crippen LogP contribution in [0.5, 0.6) is 11.5 Å². The minimum Gasteiger partial charge on any atom is -0.497 e. The number of nitrogens with zero attached hydrogens (tertiary/aromatic N) is 4. The van der Waals surface area contributed by atoms with E-state index in [0.717, 1.165) is 58.3 Å². The number of pyridine rings is 1. The standard InChI is InChI=1S/C32H30N4O3/c1-38-27-12-13-28(30(21-27)39-23-24-8-4-2-5-9-24)29-22-36-15-14-26(20-31(36)33-29)34-16-18-35(19-17-34)32(37)25-10-6-3-7-11-25/h2-15,20-22H,16-19,23H2,1H3. The van der Waals surface area contributed by atoms with Gasteiger partial charge in [0.15, 0.2) is 0 Å². The highest BCUT2D eigenvalue weighted by molar-refractivity contribution is 5.94. The number of piperazine rings is 1. The molecule has 3 aromatic carbocycles. The van der Waals surface area contributed by atoms with Crippen LogP contribution >= 0.6 is 0 Å². The van der Waals surface area contributed by atoms with Gasteiger partial charge in [-0.3, -0.25) is 4.79 Å². The lowest BCUT2D eigenvalue weighted by Crippen LogP contribution is -2.48. The van der Waals surface area contributed by atoms with Crippen molar-refractivity contribution in [3.63, 3.8) is 0 Å². The van der Waals surface area contributed by atoms with Crippen LogP contribution in [-0.2, 0) is 6.61 Å². The number of benzene rings is 3. The zero-order chi connectivity index (χ0) is 26.6. The first-order valence-electron chi connectivity index (χ1n) is 13.1. The number of fused-ring (bicyclic) bond motifs is 1. The van der Waals surface area contributed by atoms with E-state index in [1.807, 2.05) is 101 Å². The van der Waals surface area contributed by atoms with Crippen LogP contribution in [0.25, 0.3) is 16.9 Å². The zero-order valence-corrected chi connectivity index (χ0v) is 21.9. The predicted molar refractivity (Wildman–Crippen MR) is 153 cm³/mol. The van der Waals surface area contributed by atoms with E-state index >= 15 is 0 Å². The fourth-order valence-corrected chi connectivity index (χ4v) is 4.92. The molecular weight excluding hydrogens is 488 g/mol. The number of methoxy groups -OCH3 is 1. The Balaban J connectivity index is 1.20. The summed E-state index contributed by atoms with van der Waals surface area (Å²) in [6.45, 7) is 3.38. The number of hydrogen-bond donors (Lipinski definition) is 0. The van der Waals surface area contributed by atoms with Crippen molar-refractivity contribution in [3.05, 3.63) is 115 Å². The molecule has 5 aromatic rings. The molecule has 2 aromatic heterocycles. The monoisotopic (exact) mass is 518 g/mol. The van der Waals surface area contributed by atoms with E-state index in [1.54, 1.807) is 7.11 Å². The van der Waals surface area contributed by atoms with E-state index in [4.69, 9.17) is 14.5 Å². The highest BCUT2D eigenvalue weighted by Gasteiger charge is 2.22. The van der Waals surface area contributed by atoms with Crippen molar-refractivity contribution in [1.29, 1.82) is 0 Å². The van der Waals surface area contributed by atoms with Crippen molar-refractivity contribution in [2.75, 3.05) is 38.2 Å². The molecule has 1 aliphatic heterocycles. The summed E-state index contributed by atoms with van der Waals surface area (Å²) >= 11 is 0. The summed E-state index contributed by atoms with van der Waals surface area (Å²) < 4.78 is 13.7. The molecule has 3 heterocycles. The summed E-state index contributed by atoms with van der Waals surface area (Å²) in [6.07, 6.45) is 4.06. The molecular formula is C32H30N4O3. The van der Waals surface area contributed by atoms with E-state index in [1.165, 1.54) is 0 Å². The number of aromatic nitrogens is 2. The third-order valence-electron chi connectivity index (χ3n) is 7.10. The number of imidazole rings is 1. The molecule has 0 unspecified atom stereocenters. The molecule has 0 radical (unpaired) electrons. The number of rotatable bonds is 7. The molecule has 0 atom stereocenters. The molecule has 39 heavy (non-hydrogen) atoms. The smallest absolute Gasteiger partial charge is 0.253 e. The molecule has 0 N–H and O–H groups in total. The Morgan fingerprint density at radius 3 is 2.36 bits per heavy atom. The Kier molecular flexibility index (Phi) is 6.87. The highest BCUT2D eigenvalue weighted by Crippen LogP contribution is 2.34. The molecule has 1 saturated heterocycles. The number of carbonyl (C=O) groups excluding carboxylic acids is 1. The number of anilines is 1. The van der Waals surface area contributed by atoms with Gasteiger partial charge in [-0.25, -0.2) is 4.98 Å². The minimum atomic E-state index is 0.0911. The van der Waals surface area contributed by atoms with Crippen LogP contribution in [0.3, 0.4) is 0 Å². The SMILES string of the molecule is COc1ccc(-c2cn3ccc(N4CCN(C(=O)c5ccccc5)CC4)cc3n2)c(OCc2ccccc2)c1. The van der Waals surface area contributed by atoms with Gasteiger partial charge >= 0.3 is 0 Å². The average Bonchev–Trinajstić information content (AvgIpc) is 3.44. The lowest BCUT2D eigenvalue weighted by molar-refractivity contribution is 0.0747. The fourth-order valence-electron chi connectivity index (χ4n) is 4.92. The summed E-state index contributed by atoms with van der Waals surface area (Å²) in [5, 5.41) is 0. The number of hydrogen-bond acceptors (Lipinski definition) is 5. The number of amides is 1. The second-order valence-corrected chi connectivity index (χ2v) is 9.56. The molecule has 6 rings (SSSR count). The van der Waals surface area contributed by atoms with Gasteiger partial charge in [-0.1, -0.05) is 48.5 Å². The highest BCUT2D eigenvalue weighted by atomic mass is 16.5. The molecule has 196 valence electrons. The Bertz CT molecular complexity index is 1580. The van der Waals surface area contributed by atoms with Crippen LogP contribution in [0.1, 0.15) is 15.9 Å². The minimum absolute atomic E-state index is 0.0911. The molecule has 0 bridgehead atoms. The Morgan fingerprint density at radius 2 is 1.62 bits per heavy atom. The van der Waals surface area contributed by atoms with Crippen LogP contribution < -0.4 is 14.4 Å². The van der Waals surface area contributed by atoms with Crippen LogP contribution in [-0.4, -0.2) is 53.5 Å². The molecule has 1 fully saturated rings. The van der Waals surface area contributed by atoms with Crippen LogP contribution in [0.15, 0.2) is 103 Å². The first-order valence-corrected chi connectivity index (χ1v) is 13.1. The molecule has 0 saturated carbocycles. The fraction of sp³-hybridized carbons (Fsp3) is 0.188. The zero-order valence-electron chi connectivity index (χ0n) is 21.9. The van der Waals surface area contributed by atoms with Gasteiger partial charge in [0, 0.05) is 67.5 Å². The van der Waals surface area contributed by atoms with Crippen LogP contribution in [0, 0.1) is 0 Å². The van der Waals surface area contributed by atoms with Crippen molar-refractivity contribution in [1.82, 2.24) is 14.3 Å². The van der Waals surface area contributed by atoms with Crippen molar-refractivity contribution in [2.24, 2.45) is 0 Å². The Hall–Kier alpha value is -4.78. The van der Waals surface area contributed by atoms with Gasteiger partial charge in [0.1, 0.15) is 23.8 Å². The van der Waals surface area contributed by atoms with Gasteiger partial charge in [-0.05, 0) is 35.9 Å². The number of carbonyl (C=O) groups is 1. The van der Waals surface area contributed by atoms with Gasteiger partial charge in [0.05, 0.1) is 12.8 Å². The van der Waals surface area contributed by atoms with Crippen molar-refractivity contribution < 1.29 is 14.3 Å². The van der Waals surface area contributed by atoms with Crippen molar-refractivity contribution >= 4 is 17.2 Å². The quantitative estimate of drug-likeness (QED) is 0.283. The molecule has 0 spiro atoms. The maximum atomic E-state index is 12.8. The summed E-state index contributed by atoms with van der Waals surface area (Å²) in [5.41, 5.74) is 5.53. The lowest BCUT2D eigenvalue weighted by Gasteiger charge is -2.36. The van der Waals surface area contributed by atoms with Gasteiger partial charge in [-0.15, -0.1) is 0 Å². The summed E-state index contributed by atoms with van der Waals surface area (Å²) in [4.78, 5) is 22.0. The average molecular weight is 519 g/mol. The Morgan fingerprint density at radius 1 is 0.872 bits per heavy atom.